The van der Waals surface area contributed by atoms with Gasteiger partial charge in [-0.15, -0.1) is 0 Å². The number of fused-ring (bicyclic) bond motifs is 1. The van der Waals surface area contributed by atoms with Crippen molar-refractivity contribution >= 4 is 5.97 Å². The van der Waals surface area contributed by atoms with Crippen LogP contribution in [-0.4, -0.2) is 40.1 Å². The maximum Gasteiger partial charge on any atom is 0.358 e. The van der Waals surface area contributed by atoms with Crippen molar-refractivity contribution in [2.24, 2.45) is 0 Å². The van der Waals surface area contributed by atoms with E-state index in [2.05, 4.69) is 16.8 Å². The second-order valence-electron chi connectivity index (χ2n) is 3.83. The third kappa shape index (κ3) is 2.09. The molecule has 0 amide bonds. The number of rotatable bonds is 3. The third-order valence-corrected chi connectivity index (χ3v) is 2.81. The molecule has 16 heavy (non-hydrogen) atoms. The van der Waals surface area contributed by atoms with Gasteiger partial charge in [0.2, 0.25) is 0 Å². The zero-order valence-corrected chi connectivity index (χ0v) is 9.77. The topological polar surface area (TPSA) is 47.4 Å². The lowest BCUT2D eigenvalue weighted by Gasteiger charge is -2.25. The van der Waals surface area contributed by atoms with Crippen molar-refractivity contribution in [1.82, 2.24) is 14.5 Å². The lowest BCUT2D eigenvalue weighted by Crippen LogP contribution is -2.33. The molecule has 1 aromatic heterocycles. The fraction of sp³-hybridized carbons (Fsp3) is 0.636. The van der Waals surface area contributed by atoms with Crippen LogP contribution in [0.25, 0.3) is 0 Å². The number of aromatic nitrogens is 2. The molecule has 2 rings (SSSR count). The van der Waals surface area contributed by atoms with Gasteiger partial charge in [0.1, 0.15) is 5.82 Å². The molecular formula is C11H17N3O2. The number of imidazole rings is 1. The van der Waals surface area contributed by atoms with Gasteiger partial charge < -0.3 is 9.30 Å². The first-order valence-electron chi connectivity index (χ1n) is 5.70. The minimum absolute atomic E-state index is 0.326. The summed E-state index contributed by atoms with van der Waals surface area (Å²) in [6.07, 6.45) is 1.79. The van der Waals surface area contributed by atoms with Crippen LogP contribution in [-0.2, 0) is 17.8 Å². The molecule has 5 heteroatoms. The summed E-state index contributed by atoms with van der Waals surface area (Å²) in [7, 11) is 0. The van der Waals surface area contributed by atoms with Crippen molar-refractivity contribution < 1.29 is 9.53 Å². The van der Waals surface area contributed by atoms with Crippen LogP contribution in [0.15, 0.2) is 6.20 Å². The average molecular weight is 223 g/mol. The van der Waals surface area contributed by atoms with Crippen molar-refractivity contribution in [3.63, 3.8) is 0 Å². The zero-order chi connectivity index (χ0) is 11.5. The van der Waals surface area contributed by atoms with Gasteiger partial charge in [-0.1, -0.05) is 6.92 Å². The molecule has 1 aliphatic rings. The molecule has 0 saturated carbocycles. The highest BCUT2D eigenvalue weighted by molar-refractivity contribution is 5.87. The summed E-state index contributed by atoms with van der Waals surface area (Å²) in [5.41, 5.74) is 0.426. The number of ether oxygens (including phenoxy) is 1. The van der Waals surface area contributed by atoms with E-state index in [0.717, 1.165) is 32.0 Å². The van der Waals surface area contributed by atoms with Gasteiger partial charge in [-0.25, -0.2) is 9.78 Å². The number of carbonyl (C=O) groups excluding carboxylic acids is 1. The lowest BCUT2D eigenvalue weighted by molar-refractivity contribution is 0.0520. The molecule has 0 bridgehead atoms. The van der Waals surface area contributed by atoms with E-state index in [-0.39, 0.29) is 5.97 Å². The van der Waals surface area contributed by atoms with Gasteiger partial charge in [0.25, 0.3) is 0 Å². The monoisotopic (exact) mass is 223 g/mol. The largest absolute Gasteiger partial charge is 0.461 e. The van der Waals surface area contributed by atoms with E-state index in [1.165, 1.54) is 0 Å². The zero-order valence-electron chi connectivity index (χ0n) is 9.77. The van der Waals surface area contributed by atoms with Crippen LogP contribution >= 0.6 is 0 Å². The van der Waals surface area contributed by atoms with Crippen LogP contribution in [0.2, 0.25) is 0 Å². The molecule has 0 saturated heterocycles. The number of carbonyl (C=O) groups is 1. The first-order chi connectivity index (χ1) is 7.74. The van der Waals surface area contributed by atoms with E-state index in [9.17, 15) is 4.79 Å². The summed E-state index contributed by atoms with van der Waals surface area (Å²) in [5.74, 6) is 0.628. The second kappa shape index (κ2) is 4.65. The van der Waals surface area contributed by atoms with E-state index in [1.54, 1.807) is 13.1 Å². The minimum atomic E-state index is -0.326. The van der Waals surface area contributed by atoms with Gasteiger partial charge in [-0.2, -0.15) is 0 Å². The quantitative estimate of drug-likeness (QED) is 0.714. The van der Waals surface area contributed by atoms with Crippen LogP contribution in [0.1, 0.15) is 30.2 Å². The average Bonchev–Trinajstić information content (AvgIpc) is 2.71. The number of nitrogens with zero attached hydrogens (tertiary/aromatic N) is 3. The summed E-state index contributed by atoms with van der Waals surface area (Å²) in [6, 6.07) is 0. The Hall–Kier alpha value is -1.36. The summed E-state index contributed by atoms with van der Waals surface area (Å²) in [5, 5.41) is 0. The first-order valence-corrected chi connectivity index (χ1v) is 5.70. The lowest BCUT2D eigenvalue weighted by atomic mass is 10.3. The van der Waals surface area contributed by atoms with E-state index >= 15 is 0 Å². The van der Waals surface area contributed by atoms with Crippen molar-refractivity contribution in [2.75, 3.05) is 19.7 Å². The smallest absolute Gasteiger partial charge is 0.358 e. The number of likely N-dealkylation sites (N-methyl/N-ethyl adjacent to an activating group) is 1. The van der Waals surface area contributed by atoms with Gasteiger partial charge in [0, 0.05) is 19.3 Å². The van der Waals surface area contributed by atoms with Crippen LogP contribution in [0, 0.1) is 0 Å². The number of hydrogen-bond donors (Lipinski definition) is 0. The first kappa shape index (κ1) is 11.1. The van der Waals surface area contributed by atoms with Gasteiger partial charge >= 0.3 is 5.97 Å². The van der Waals surface area contributed by atoms with E-state index in [0.29, 0.717) is 12.3 Å². The van der Waals surface area contributed by atoms with Crippen LogP contribution in [0.4, 0.5) is 0 Å². The predicted molar refractivity (Wildman–Crippen MR) is 59.1 cm³/mol. The van der Waals surface area contributed by atoms with Crippen molar-refractivity contribution in [3.8, 4) is 0 Å². The highest BCUT2D eigenvalue weighted by Gasteiger charge is 2.20. The predicted octanol–water partition coefficient (Wildman–Crippen LogP) is 0.895. The van der Waals surface area contributed by atoms with E-state index in [4.69, 9.17) is 4.74 Å². The molecule has 5 nitrogen and oxygen atoms in total. The molecule has 2 heterocycles. The van der Waals surface area contributed by atoms with Gasteiger partial charge in [0.15, 0.2) is 5.69 Å². The van der Waals surface area contributed by atoms with Gasteiger partial charge in [-0.05, 0) is 13.5 Å². The fourth-order valence-electron chi connectivity index (χ4n) is 1.88. The van der Waals surface area contributed by atoms with Crippen LogP contribution in [0.5, 0.6) is 0 Å². The van der Waals surface area contributed by atoms with Crippen LogP contribution < -0.4 is 0 Å². The maximum atomic E-state index is 11.5. The van der Waals surface area contributed by atoms with Crippen molar-refractivity contribution in [2.45, 2.75) is 26.9 Å². The highest BCUT2D eigenvalue weighted by atomic mass is 16.5. The summed E-state index contributed by atoms with van der Waals surface area (Å²) < 4.78 is 6.97. The molecule has 1 aliphatic heterocycles. The standard InChI is InChI=1S/C11H17N3O2/c1-3-13-5-6-14-7-9(11(15)16-4-2)12-10(14)8-13/h7H,3-6,8H2,1-2H3. The molecular weight excluding hydrogens is 206 g/mol. The Labute approximate surface area is 95.0 Å². The fourth-order valence-corrected chi connectivity index (χ4v) is 1.88. The second-order valence-corrected chi connectivity index (χ2v) is 3.83. The van der Waals surface area contributed by atoms with Crippen LogP contribution in [0.3, 0.4) is 0 Å². The molecule has 0 spiro atoms. The molecule has 0 radical (unpaired) electrons. The minimum Gasteiger partial charge on any atom is -0.461 e. The molecule has 88 valence electrons. The highest BCUT2D eigenvalue weighted by Crippen LogP contribution is 2.13. The van der Waals surface area contributed by atoms with Crippen molar-refractivity contribution in [1.29, 1.82) is 0 Å². The molecule has 0 fully saturated rings. The Morgan fingerprint density at radius 2 is 2.31 bits per heavy atom. The van der Waals surface area contributed by atoms with Gasteiger partial charge in [0.05, 0.1) is 13.2 Å². The SMILES string of the molecule is CCOC(=O)c1cn2c(n1)CN(CC)CC2. The van der Waals surface area contributed by atoms with Crippen molar-refractivity contribution in [3.05, 3.63) is 17.7 Å². The Kier molecular flexibility index (Phi) is 3.24. The maximum absolute atomic E-state index is 11.5. The third-order valence-electron chi connectivity index (χ3n) is 2.81. The number of esters is 1. The molecule has 0 atom stereocenters. The Bertz CT molecular complexity index is 387. The van der Waals surface area contributed by atoms with E-state index in [1.807, 2.05) is 4.57 Å². The molecule has 0 aliphatic carbocycles. The normalized spacial score (nSPS) is 15.9. The summed E-state index contributed by atoms with van der Waals surface area (Å²) >= 11 is 0. The Balaban J connectivity index is 2.15. The Morgan fingerprint density at radius 3 is 3.00 bits per heavy atom. The van der Waals surface area contributed by atoms with Gasteiger partial charge in [-0.3, -0.25) is 4.90 Å². The molecule has 1 aromatic rings. The summed E-state index contributed by atoms with van der Waals surface area (Å²) in [4.78, 5) is 18.1. The Morgan fingerprint density at radius 1 is 1.50 bits per heavy atom. The van der Waals surface area contributed by atoms with E-state index < -0.39 is 0 Å². The molecule has 0 N–H and O–H groups in total. The summed E-state index contributed by atoms with van der Waals surface area (Å²) in [6.45, 7) is 8.06. The number of hydrogen-bond acceptors (Lipinski definition) is 4. The molecule has 0 unspecified atom stereocenters. The molecule has 0 aromatic carbocycles.